The van der Waals surface area contributed by atoms with Crippen molar-refractivity contribution in [3.8, 4) is 17.0 Å². The normalized spacial score (nSPS) is 10.6. The Morgan fingerprint density at radius 1 is 1.44 bits per heavy atom. The van der Waals surface area contributed by atoms with Crippen LogP contribution in [-0.2, 0) is 6.42 Å². The highest BCUT2D eigenvalue weighted by molar-refractivity contribution is 5.66. The zero-order chi connectivity index (χ0) is 13.0. The molecule has 96 valence electrons. The topological polar surface area (TPSA) is 63.9 Å². The highest BCUT2D eigenvalue weighted by Gasteiger charge is 2.10. The van der Waals surface area contributed by atoms with Gasteiger partial charge in [-0.25, -0.2) is 9.37 Å². The quantitative estimate of drug-likeness (QED) is 0.853. The van der Waals surface area contributed by atoms with Crippen molar-refractivity contribution in [3.05, 3.63) is 36.0 Å². The Bertz CT molecular complexity index is 525. The lowest BCUT2D eigenvalue weighted by atomic mass is 10.1. The number of rotatable bonds is 5. The first-order valence-electron chi connectivity index (χ1n) is 5.82. The minimum absolute atomic E-state index is 0.302. The molecule has 0 saturated heterocycles. The first-order chi connectivity index (χ1) is 8.74. The van der Waals surface area contributed by atoms with Gasteiger partial charge in [-0.3, -0.25) is 0 Å². The molecule has 2 rings (SSSR count). The second-order valence-electron chi connectivity index (χ2n) is 3.98. The molecule has 18 heavy (non-hydrogen) atoms. The zero-order valence-electron chi connectivity index (χ0n) is 10.2. The molecule has 0 spiro atoms. The van der Waals surface area contributed by atoms with Gasteiger partial charge in [0.05, 0.1) is 19.0 Å². The molecule has 0 atom stereocenters. The van der Waals surface area contributed by atoms with Crippen LogP contribution in [0.2, 0.25) is 0 Å². The lowest BCUT2D eigenvalue weighted by Crippen LogP contribution is -2.01. The van der Waals surface area contributed by atoms with Gasteiger partial charge in [-0.1, -0.05) is 0 Å². The van der Waals surface area contributed by atoms with Crippen LogP contribution in [0.25, 0.3) is 11.3 Å². The summed E-state index contributed by atoms with van der Waals surface area (Å²) in [5, 5.41) is 0. The largest absolute Gasteiger partial charge is 0.496 e. The molecule has 0 fully saturated rings. The second-order valence-corrected chi connectivity index (χ2v) is 3.98. The Labute approximate surface area is 105 Å². The maximum Gasteiger partial charge on any atom is 0.128 e. The molecular formula is C13H16FN3O. The van der Waals surface area contributed by atoms with Gasteiger partial charge in [0.25, 0.3) is 0 Å². The lowest BCUT2D eigenvalue weighted by Gasteiger charge is -2.06. The van der Waals surface area contributed by atoms with E-state index in [4.69, 9.17) is 10.5 Å². The van der Waals surface area contributed by atoms with Crippen LogP contribution in [0.1, 0.15) is 12.2 Å². The molecule has 0 aliphatic carbocycles. The van der Waals surface area contributed by atoms with Crippen LogP contribution in [0.3, 0.4) is 0 Å². The fourth-order valence-electron chi connectivity index (χ4n) is 1.79. The van der Waals surface area contributed by atoms with Crippen LogP contribution in [0, 0.1) is 5.82 Å². The summed E-state index contributed by atoms with van der Waals surface area (Å²) in [6.07, 6.45) is 3.34. The number of H-pyrrole nitrogens is 1. The van der Waals surface area contributed by atoms with E-state index in [2.05, 4.69) is 9.97 Å². The Morgan fingerprint density at radius 2 is 2.28 bits per heavy atom. The third kappa shape index (κ3) is 2.68. The summed E-state index contributed by atoms with van der Waals surface area (Å²) in [6.45, 7) is 0.624. The fraction of sp³-hybridized carbons (Fsp3) is 0.308. The van der Waals surface area contributed by atoms with Crippen molar-refractivity contribution >= 4 is 0 Å². The van der Waals surface area contributed by atoms with Gasteiger partial charge in [0, 0.05) is 12.0 Å². The number of hydrogen-bond acceptors (Lipinski definition) is 3. The molecule has 0 bridgehead atoms. The molecule has 0 unspecified atom stereocenters. The molecule has 1 aromatic heterocycles. The molecule has 5 heteroatoms. The van der Waals surface area contributed by atoms with Crippen LogP contribution in [0.5, 0.6) is 5.75 Å². The van der Waals surface area contributed by atoms with Gasteiger partial charge in [-0.2, -0.15) is 0 Å². The first-order valence-corrected chi connectivity index (χ1v) is 5.82. The summed E-state index contributed by atoms with van der Waals surface area (Å²) in [4.78, 5) is 7.40. The predicted octanol–water partition coefficient (Wildman–Crippen LogP) is 2.12. The summed E-state index contributed by atoms with van der Waals surface area (Å²) in [7, 11) is 1.56. The van der Waals surface area contributed by atoms with Crippen LogP contribution < -0.4 is 10.5 Å². The third-order valence-electron chi connectivity index (χ3n) is 2.70. The fourth-order valence-corrected chi connectivity index (χ4v) is 1.79. The van der Waals surface area contributed by atoms with E-state index >= 15 is 0 Å². The van der Waals surface area contributed by atoms with Crippen molar-refractivity contribution in [1.82, 2.24) is 9.97 Å². The van der Waals surface area contributed by atoms with Crippen molar-refractivity contribution in [3.63, 3.8) is 0 Å². The average Bonchev–Trinajstić information content (AvgIpc) is 2.85. The average molecular weight is 249 g/mol. The number of nitrogens with two attached hydrogens (primary N) is 1. The minimum atomic E-state index is -0.302. The summed E-state index contributed by atoms with van der Waals surface area (Å²) < 4.78 is 18.5. The summed E-state index contributed by atoms with van der Waals surface area (Å²) >= 11 is 0. The van der Waals surface area contributed by atoms with E-state index in [1.54, 1.807) is 19.4 Å². The van der Waals surface area contributed by atoms with Crippen molar-refractivity contribution in [2.45, 2.75) is 12.8 Å². The molecule has 0 saturated carbocycles. The van der Waals surface area contributed by atoms with E-state index in [1.165, 1.54) is 12.1 Å². The van der Waals surface area contributed by atoms with Gasteiger partial charge in [0.15, 0.2) is 0 Å². The lowest BCUT2D eigenvalue weighted by molar-refractivity contribution is 0.415. The molecule has 0 radical (unpaired) electrons. The predicted molar refractivity (Wildman–Crippen MR) is 67.9 cm³/mol. The van der Waals surface area contributed by atoms with Gasteiger partial charge in [-0.15, -0.1) is 0 Å². The molecule has 2 aromatic rings. The van der Waals surface area contributed by atoms with E-state index in [0.29, 0.717) is 17.9 Å². The van der Waals surface area contributed by atoms with E-state index in [1.807, 2.05) is 0 Å². The van der Waals surface area contributed by atoms with Crippen molar-refractivity contribution < 1.29 is 9.13 Å². The number of methoxy groups -OCH3 is 1. The van der Waals surface area contributed by atoms with E-state index in [0.717, 1.165) is 24.4 Å². The van der Waals surface area contributed by atoms with Gasteiger partial charge in [0.1, 0.15) is 17.4 Å². The number of hydrogen-bond donors (Lipinski definition) is 2. The third-order valence-corrected chi connectivity index (χ3v) is 2.70. The van der Waals surface area contributed by atoms with Gasteiger partial charge >= 0.3 is 0 Å². The van der Waals surface area contributed by atoms with Crippen molar-refractivity contribution in [1.29, 1.82) is 0 Å². The van der Waals surface area contributed by atoms with Crippen LogP contribution in [-0.4, -0.2) is 23.6 Å². The summed E-state index contributed by atoms with van der Waals surface area (Å²) in [5.74, 6) is 1.16. The minimum Gasteiger partial charge on any atom is -0.496 e. The molecule has 4 nitrogen and oxygen atoms in total. The number of imidazole rings is 1. The summed E-state index contributed by atoms with van der Waals surface area (Å²) in [5.41, 5.74) is 6.87. The Balaban J connectivity index is 2.30. The Kier molecular flexibility index (Phi) is 3.94. The number of aryl methyl sites for hydroxylation is 1. The highest BCUT2D eigenvalue weighted by atomic mass is 19.1. The SMILES string of the molecule is COc1ccc(F)cc1-c1cnc(CCCN)[nH]1. The second kappa shape index (κ2) is 5.64. The van der Waals surface area contributed by atoms with Crippen LogP contribution >= 0.6 is 0 Å². The number of ether oxygens (including phenoxy) is 1. The van der Waals surface area contributed by atoms with E-state index in [-0.39, 0.29) is 5.82 Å². The maximum absolute atomic E-state index is 13.3. The zero-order valence-corrected chi connectivity index (χ0v) is 10.2. The van der Waals surface area contributed by atoms with Gasteiger partial charge in [0.2, 0.25) is 0 Å². The number of benzene rings is 1. The number of halogens is 1. The number of aromatic amines is 1. The van der Waals surface area contributed by atoms with Crippen LogP contribution in [0.4, 0.5) is 4.39 Å². The van der Waals surface area contributed by atoms with Gasteiger partial charge in [-0.05, 0) is 31.2 Å². The first kappa shape index (κ1) is 12.6. The highest BCUT2D eigenvalue weighted by Crippen LogP contribution is 2.29. The maximum atomic E-state index is 13.3. The Morgan fingerprint density at radius 3 is 3.00 bits per heavy atom. The smallest absolute Gasteiger partial charge is 0.128 e. The number of nitrogens with zero attached hydrogens (tertiary/aromatic N) is 1. The Hall–Kier alpha value is -1.88. The molecule has 1 aromatic carbocycles. The molecule has 0 aliphatic heterocycles. The molecule has 0 amide bonds. The molecule has 3 N–H and O–H groups in total. The molecule has 1 heterocycles. The van der Waals surface area contributed by atoms with Crippen molar-refractivity contribution in [2.75, 3.05) is 13.7 Å². The molecular weight excluding hydrogens is 233 g/mol. The number of aromatic nitrogens is 2. The van der Waals surface area contributed by atoms with Crippen molar-refractivity contribution in [2.24, 2.45) is 5.73 Å². The monoisotopic (exact) mass is 249 g/mol. The van der Waals surface area contributed by atoms with E-state index in [9.17, 15) is 4.39 Å². The molecule has 0 aliphatic rings. The van der Waals surface area contributed by atoms with E-state index < -0.39 is 0 Å². The summed E-state index contributed by atoms with van der Waals surface area (Å²) in [6, 6.07) is 4.40. The van der Waals surface area contributed by atoms with Crippen LogP contribution in [0.15, 0.2) is 24.4 Å². The van der Waals surface area contributed by atoms with Gasteiger partial charge < -0.3 is 15.5 Å². The number of nitrogens with one attached hydrogen (secondary N) is 1. The standard InChI is InChI=1S/C13H16FN3O/c1-18-12-5-4-9(14)7-10(12)11-8-16-13(17-11)3-2-6-15/h4-5,7-8H,2-3,6,15H2,1H3,(H,16,17).